The van der Waals surface area contributed by atoms with Crippen molar-refractivity contribution in [1.29, 1.82) is 0 Å². The van der Waals surface area contributed by atoms with Crippen LogP contribution in [0.15, 0.2) is 33.3 Å². The van der Waals surface area contributed by atoms with Gasteiger partial charge in [0.2, 0.25) is 17.5 Å². The molecule has 1 aliphatic heterocycles. The predicted molar refractivity (Wildman–Crippen MR) is 101 cm³/mol. The van der Waals surface area contributed by atoms with Crippen molar-refractivity contribution < 1.29 is 13.7 Å². The molecule has 1 fully saturated rings. The number of rotatable bonds is 4. The van der Waals surface area contributed by atoms with Gasteiger partial charge in [-0.3, -0.25) is 9.78 Å². The summed E-state index contributed by atoms with van der Waals surface area (Å²) in [7, 11) is 0. The van der Waals surface area contributed by atoms with Gasteiger partial charge < -0.3 is 13.8 Å². The fourth-order valence-corrected chi connectivity index (χ4v) is 3.26. The standard InChI is InChI=1S/C20H23N5O3/c1-12(2)16-10-17(28-24-16)20(26)25-8-6-14(7-9-25)18-22-23-19(27-18)15-5-4-13(3)21-11-15/h4-5,10-12,14H,6-9H2,1-3H3. The van der Waals surface area contributed by atoms with Crippen LogP contribution < -0.4 is 0 Å². The Labute approximate surface area is 162 Å². The second-order valence-electron chi connectivity index (χ2n) is 7.47. The molecule has 0 N–H and O–H groups in total. The van der Waals surface area contributed by atoms with E-state index in [-0.39, 0.29) is 17.7 Å². The smallest absolute Gasteiger partial charge is 0.292 e. The first-order chi connectivity index (χ1) is 13.5. The van der Waals surface area contributed by atoms with Crippen LogP contribution in [0.25, 0.3) is 11.5 Å². The molecule has 0 saturated carbocycles. The van der Waals surface area contributed by atoms with E-state index in [0.29, 0.717) is 30.6 Å². The van der Waals surface area contributed by atoms with Crippen LogP contribution in [0.5, 0.6) is 0 Å². The zero-order chi connectivity index (χ0) is 19.7. The van der Waals surface area contributed by atoms with Crippen LogP contribution in [0, 0.1) is 6.92 Å². The average Bonchev–Trinajstić information content (AvgIpc) is 3.38. The Balaban J connectivity index is 1.39. The largest absolute Gasteiger partial charge is 0.420 e. The van der Waals surface area contributed by atoms with Crippen molar-refractivity contribution in [2.45, 2.75) is 45.4 Å². The molecule has 3 aromatic rings. The first-order valence-electron chi connectivity index (χ1n) is 9.53. The van der Waals surface area contributed by atoms with Crippen LogP contribution in [0.4, 0.5) is 0 Å². The highest BCUT2D eigenvalue weighted by molar-refractivity contribution is 5.91. The number of amides is 1. The number of likely N-dealkylation sites (tertiary alicyclic amines) is 1. The van der Waals surface area contributed by atoms with Crippen LogP contribution in [0.3, 0.4) is 0 Å². The van der Waals surface area contributed by atoms with Crippen LogP contribution in [0.2, 0.25) is 0 Å². The fraction of sp³-hybridized carbons (Fsp3) is 0.450. The van der Waals surface area contributed by atoms with Gasteiger partial charge in [0.1, 0.15) is 0 Å². The first-order valence-corrected chi connectivity index (χ1v) is 9.53. The number of hydrogen-bond acceptors (Lipinski definition) is 7. The SMILES string of the molecule is Cc1ccc(-c2nnc(C3CCN(C(=O)c4cc(C(C)C)no4)CC3)o2)cn1. The third-order valence-corrected chi connectivity index (χ3v) is 5.06. The van der Waals surface area contributed by atoms with Crippen LogP contribution in [-0.2, 0) is 0 Å². The van der Waals surface area contributed by atoms with Crippen LogP contribution in [0.1, 0.15) is 66.4 Å². The summed E-state index contributed by atoms with van der Waals surface area (Å²) in [4.78, 5) is 18.7. The van der Waals surface area contributed by atoms with Crippen LogP contribution in [-0.4, -0.2) is 44.2 Å². The van der Waals surface area contributed by atoms with E-state index in [0.717, 1.165) is 29.8 Å². The van der Waals surface area contributed by atoms with Crippen molar-refractivity contribution in [1.82, 2.24) is 25.2 Å². The molecule has 146 valence electrons. The normalized spacial score (nSPS) is 15.4. The Morgan fingerprint density at radius 3 is 2.64 bits per heavy atom. The third-order valence-electron chi connectivity index (χ3n) is 5.06. The summed E-state index contributed by atoms with van der Waals surface area (Å²) < 4.78 is 11.1. The maximum absolute atomic E-state index is 12.6. The lowest BCUT2D eigenvalue weighted by atomic mass is 9.96. The summed E-state index contributed by atoms with van der Waals surface area (Å²) in [6.45, 7) is 7.20. The lowest BCUT2D eigenvalue weighted by Gasteiger charge is -2.29. The Morgan fingerprint density at radius 2 is 2.00 bits per heavy atom. The molecule has 0 radical (unpaired) electrons. The van der Waals surface area contributed by atoms with Gasteiger partial charge in [0.05, 0.1) is 11.3 Å². The van der Waals surface area contributed by atoms with Crippen molar-refractivity contribution in [2.75, 3.05) is 13.1 Å². The number of aryl methyl sites for hydroxylation is 1. The molecule has 1 aliphatic rings. The van der Waals surface area contributed by atoms with Crippen molar-refractivity contribution in [3.8, 4) is 11.5 Å². The van der Waals surface area contributed by atoms with Gasteiger partial charge in [0.25, 0.3) is 5.91 Å². The lowest BCUT2D eigenvalue weighted by Crippen LogP contribution is -2.37. The number of carbonyl (C=O) groups excluding carboxylic acids is 1. The van der Waals surface area contributed by atoms with E-state index in [1.165, 1.54) is 0 Å². The molecule has 0 atom stereocenters. The summed E-state index contributed by atoms with van der Waals surface area (Å²) in [6.07, 6.45) is 3.27. The third kappa shape index (κ3) is 3.67. The van der Waals surface area contributed by atoms with E-state index in [1.807, 2.05) is 32.9 Å². The summed E-state index contributed by atoms with van der Waals surface area (Å²) in [5.41, 5.74) is 2.54. The molecular formula is C20H23N5O3. The molecule has 1 saturated heterocycles. The van der Waals surface area contributed by atoms with E-state index in [9.17, 15) is 4.79 Å². The van der Waals surface area contributed by atoms with Gasteiger partial charge in [-0.05, 0) is 37.8 Å². The molecule has 28 heavy (non-hydrogen) atoms. The van der Waals surface area contributed by atoms with Gasteiger partial charge in [0.15, 0.2) is 0 Å². The summed E-state index contributed by atoms with van der Waals surface area (Å²) in [6, 6.07) is 5.57. The molecule has 0 unspecified atom stereocenters. The van der Waals surface area contributed by atoms with Gasteiger partial charge in [-0.15, -0.1) is 10.2 Å². The number of aromatic nitrogens is 4. The Kier molecular flexibility index (Phi) is 4.93. The van der Waals surface area contributed by atoms with Gasteiger partial charge in [-0.2, -0.15) is 0 Å². The van der Waals surface area contributed by atoms with Gasteiger partial charge >= 0.3 is 0 Å². The number of pyridine rings is 1. The minimum atomic E-state index is -0.116. The van der Waals surface area contributed by atoms with E-state index in [1.54, 1.807) is 17.2 Å². The highest BCUT2D eigenvalue weighted by atomic mass is 16.5. The molecule has 4 rings (SSSR count). The van der Waals surface area contributed by atoms with Crippen molar-refractivity contribution in [2.24, 2.45) is 0 Å². The second kappa shape index (κ2) is 7.53. The maximum atomic E-state index is 12.6. The minimum Gasteiger partial charge on any atom is -0.420 e. The highest BCUT2D eigenvalue weighted by Gasteiger charge is 2.29. The molecular weight excluding hydrogens is 358 g/mol. The summed E-state index contributed by atoms with van der Waals surface area (Å²) >= 11 is 0. The van der Waals surface area contributed by atoms with Gasteiger partial charge in [-0.25, -0.2) is 0 Å². The maximum Gasteiger partial charge on any atom is 0.292 e. The highest BCUT2D eigenvalue weighted by Crippen LogP contribution is 2.30. The number of hydrogen-bond donors (Lipinski definition) is 0. The van der Waals surface area contributed by atoms with Crippen molar-refractivity contribution >= 4 is 5.91 Å². The number of piperidine rings is 1. The van der Waals surface area contributed by atoms with Crippen LogP contribution >= 0.6 is 0 Å². The van der Waals surface area contributed by atoms with E-state index < -0.39 is 0 Å². The quantitative estimate of drug-likeness (QED) is 0.681. The Hall–Kier alpha value is -3.03. The Morgan fingerprint density at radius 1 is 1.21 bits per heavy atom. The number of nitrogens with zero attached hydrogens (tertiary/aromatic N) is 5. The summed E-state index contributed by atoms with van der Waals surface area (Å²) in [5, 5.41) is 12.3. The van der Waals surface area contributed by atoms with Gasteiger partial charge in [-0.1, -0.05) is 19.0 Å². The van der Waals surface area contributed by atoms with Gasteiger partial charge in [0, 0.05) is 37.0 Å². The molecule has 3 aromatic heterocycles. The Bertz CT molecular complexity index is 952. The topological polar surface area (TPSA) is 98.2 Å². The molecule has 0 aromatic carbocycles. The van der Waals surface area contributed by atoms with E-state index >= 15 is 0 Å². The molecule has 1 amide bonds. The van der Waals surface area contributed by atoms with E-state index in [2.05, 4.69) is 20.3 Å². The van der Waals surface area contributed by atoms with Crippen molar-refractivity contribution in [3.05, 3.63) is 47.4 Å². The second-order valence-corrected chi connectivity index (χ2v) is 7.47. The zero-order valence-corrected chi connectivity index (χ0v) is 16.3. The monoisotopic (exact) mass is 381 g/mol. The van der Waals surface area contributed by atoms with Crippen molar-refractivity contribution in [3.63, 3.8) is 0 Å². The molecule has 8 heteroatoms. The average molecular weight is 381 g/mol. The predicted octanol–water partition coefficient (Wildman–Crippen LogP) is 3.57. The summed E-state index contributed by atoms with van der Waals surface area (Å²) in [5.74, 6) is 1.65. The molecule has 0 bridgehead atoms. The first kappa shape index (κ1) is 18.3. The fourth-order valence-electron chi connectivity index (χ4n) is 3.26. The molecule has 0 spiro atoms. The zero-order valence-electron chi connectivity index (χ0n) is 16.3. The minimum absolute atomic E-state index is 0.116. The molecule has 4 heterocycles. The lowest BCUT2D eigenvalue weighted by molar-refractivity contribution is 0.0664. The number of carbonyl (C=O) groups is 1. The molecule has 8 nitrogen and oxygen atoms in total. The van der Waals surface area contributed by atoms with E-state index in [4.69, 9.17) is 8.94 Å². The molecule has 0 aliphatic carbocycles.